The second-order valence-electron chi connectivity index (χ2n) is 11.2. The maximum absolute atomic E-state index is 14.1. The van der Waals surface area contributed by atoms with Crippen molar-refractivity contribution in [3.05, 3.63) is 83.4 Å². The van der Waals surface area contributed by atoms with E-state index in [1.165, 1.54) is 0 Å². The monoisotopic (exact) mass is 606 g/mol. The van der Waals surface area contributed by atoms with E-state index in [-0.39, 0.29) is 18.4 Å². The maximum Gasteiger partial charge on any atom is 0.199 e. The molecule has 0 radical (unpaired) electrons. The van der Waals surface area contributed by atoms with Crippen molar-refractivity contribution in [2.45, 2.75) is 76.0 Å². The van der Waals surface area contributed by atoms with Gasteiger partial charge in [0, 0.05) is 24.8 Å². The Balaban J connectivity index is 1.25. The molecule has 2 saturated heterocycles. The largest absolute Gasteiger partial charge is 0.494 e. The Morgan fingerprint density at radius 2 is 1.35 bits per heavy atom. The first-order chi connectivity index (χ1) is 21.2. The van der Waals surface area contributed by atoms with E-state index in [2.05, 4.69) is 0 Å². The molecule has 3 aliphatic rings. The van der Waals surface area contributed by atoms with Crippen LogP contribution in [-0.4, -0.2) is 44.1 Å². The lowest BCUT2D eigenvalue weighted by atomic mass is 9.81. The number of alkyl halides is 1. The highest BCUT2D eigenvalue weighted by Crippen LogP contribution is 2.45. The van der Waals surface area contributed by atoms with E-state index in [1.807, 2.05) is 60.7 Å². The third kappa shape index (κ3) is 7.46. The van der Waals surface area contributed by atoms with Gasteiger partial charge in [-0.2, -0.15) is 0 Å². The van der Waals surface area contributed by atoms with Crippen LogP contribution in [0.2, 0.25) is 0 Å². The number of carbonyl (C=O) groups excluding carboxylic acids is 1. The van der Waals surface area contributed by atoms with Gasteiger partial charge < -0.3 is 28.4 Å². The molecule has 4 atom stereocenters. The maximum atomic E-state index is 14.1. The van der Waals surface area contributed by atoms with Crippen LogP contribution in [0, 0.1) is 0 Å². The normalized spacial score (nSPS) is 23.6. The summed E-state index contributed by atoms with van der Waals surface area (Å²) in [5, 5.41) is 0. The zero-order chi connectivity index (χ0) is 29.4. The second kappa shape index (κ2) is 14.5. The van der Waals surface area contributed by atoms with Crippen molar-refractivity contribution in [3.63, 3.8) is 0 Å². The number of benzene rings is 3. The molecule has 0 aromatic heterocycles. The average molecular weight is 607 g/mol. The molecule has 0 bridgehead atoms. The Bertz CT molecular complexity index is 1330. The van der Waals surface area contributed by atoms with E-state index in [4.69, 9.17) is 40.0 Å². The molecule has 0 N–H and O–H groups in total. The van der Waals surface area contributed by atoms with Crippen molar-refractivity contribution in [1.82, 2.24) is 0 Å². The molecule has 0 spiro atoms. The van der Waals surface area contributed by atoms with E-state index >= 15 is 0 Å². The molecular formula is C35H39ClO7. The SMILES string of the molecule is O=C1c2ccc(OC3CCCCO3)cc2OC(c2ccc(OCCCCCl)cc2)C1c1ccc(OC2CCCCO2)cc1. The first-order valence-electron chi connectivity index (χ1n) is 15.5. The first-order valence-corrected chi connectivity index (χ1v) is 16.0. The summed E-state index contributed by atoms with van der Waals surface area (Å²) in [6.07, 6.45) is 6.74. The Morgan fingerprint density at radius 3 is 2.00 bits per heavy atom. The predicted molar refractivity (Wildman–Crippen MR) is 164 cm³/mol. The van der Waals surface area contributed by atoms with E-state index in [1.54, 1.807) is 6.07 Å². The van der Waals surface area contributed by atoms with Crippen molar-refractivity contribution in [1.29, 1.82) is 0 Å². The summed E-state index contributed by atoms with van der Waals surface area (Å²) in [7, 11) is 0. The molecule has 0 saturated carbocycles. The van der Waals surface area contributed by atoms with Crippen molar-refractivity contribution in [3.8, 4) is 23.0 Å². The topological polar surface area (TPSA) is 72.5 Å². The Morgan fingerprint density at radius 1 is 0.721 bits per heavy atom. The molecule has 43 heavy (non-hydrogen) atoms. The number of hydrogen-bond donors (Lipinski definition) is 0. The van der Waals surface area contributed by atoms with Crippen LogP contribution in [0.15, 0.2) is 66.7 Å². The van der Waals surface area contributed by atoms with E-state index in [0.717, 1.165) is 80.6 Å². The van der Waals surface area contributed by atoms with Crippen LogP contribution in [0.4, 0.5) is 0 Å². The Labute approximate surface area is 258 Å². The van der Waals surface area contributed by atoms with E-state index in [9.17, 15) is 4.79 Å². The molecule has 4 unspecified atom stereocenters. The lowest BCUT2D eigenvalue weighted by molar-refractivity contribution is -0.106. The molecule has 0 amide bonds. The standard InChI is InChI=1S/C35H39ClO7/c36-19-3-6-20-38-26-13-11-25(12-14-26)35-33(24-9-15-27(16-10-24)41-31-7-1-4-21-39-31)34(37)29-18-17-28(23-30(29)43-35)42-32-8-2-5-22-40-32/h9-18,23,31-33,35H,1-8,19-22H2. The summed E-state index contributed by atoms with van der Waals surface area (Å²) in [4.78, 5) is 14.1. The van der Waals surface area contributed by atoms with Crippen molar-refractivity contribution in [2.75, 3.05) is 25.7 Å². The first kappa shape index (κ1) is 29.8. The minimum atomic E-state index is -0.545. The molecule has 3 aromatic rings. The van der Waals surface area contributed by atoms with Gasteiger partial charge in [0.15, 0.2) is 18.4 Å². The number of unbranched alkanes of at least 4 members (excludes halogenated alkanes) is 1. The Kier molecular flexibility index (Phi) is 10.0. The molecule has 8 heteroatoms. The summed E-state index contributed by atoms with van der Waals surface area (Å²) in [5.41, 5.74) is 2.28. The molecular weight excluding hydrogens is 568 g/mol. The number of carbonyl (C=O) groups is 1. The summed E-state index contributed by atoms with van der Waals surface area (Å²) < 4.78 is 36.2. The molecule has 0 aliphatic carbocycles. The van der Waals surface area contributed by atoms with Gasteiger partial charge in [-0.05, 0) is 86.1 Å². The van der Waals surface area contributed by atoms with Crippen molar-refractivity contribution < 1.29 is 33.2 Å². The highest BCUT2D eigenvalue weighted by molar-refractivity contribution is 6.17. The Hall–Kier alpha value is -3.26. The van der Waals surface area contributed by atoms with Crippen LogP contribution >= 0.6 is 11.6 Å². The zero-order valence-corrected chi connectivity index (χ0v) is 25.1. The summed E-state index contributed by atoms with van der Waals surface area (Å²) in [6.45, 7) is 2.02. The van der Waals surface area contributed by atoms with Gasteiger partial charge in [-0.25, -0.2) is 0 Å². The molecule has 3 aromatic carbocycles. The van der Waals surface area contributed by atoms with Crippen LogP contribution < -0.4 is 18.9 Å². The number of fused-ring (bicyclic) bond motifs is 1. The number of hydrogen-bond acceptors (Lipinski definition) is 7. The molecule has 7 nitrogen and oxygen atoms in total. The minimum Gasteiger partial charge on any atom is -0.494 e. The lowest BCUT2D eigenvalue weighted by Crippen LogP contribution is -2.30. The molecule has 3 aliphatic heterocycles. The van der Waals surface area contributed by atoms with Crippen LogP contribution in [0.5, 0.6) is 23.0 Å². The number of Topliss-reactive ketones (excluding diaryl/α,β-unsaturated/α-hetero) is 1. The van der Waals surface area contributed by atoms with Crippen LogP contribution in [0.3, 0.4) is 0 Å². The van der Waals surface area contributed by atoms with Gasteiger partial charge >= 0.3 is 0 Å². The smallest absolute Gasteiger partial charge is 0.199 e. The van der Waals surface area contributed by atoms with Crippen molar-refractivity contribution in [2.24, 2.45) is 0 Å². The summed E-state index contributed by atoms with van der Waals surface area (Å²) in [6, 6.07) is 21.0. The summed E-state index contributed by atoms with van der Waals surface area (Å²) in [5.74, 6) is 2.71. The van der Waals surface area contributed by atoms with Crippen LogP contribution in [0.1, 0.15) is 84.9 Å². The number of halogens is 1. The molecule has 2 fully saturated rings. The number of rotatable bonds is 11. The van der Waals surface area contributed by atoms with Crippen molar-refractivity contribution >= 4 is 17.4 Å². The van der Waals surface area contributed by atoms with Gasteiger partial charge in [-0.1, -0.05) is 24.3 Å². The van der Waals surface area contributed by atoms with Crippen LogP contribution in [0.25, 0.3) is 0 Å². The van der Waals surface area contributed by atoms with Gasteiger partial charge in [-0.3, -0.25) is 4.79 Å². The lowest BCUT2D eigenvalue weighted by Gasteiger charge is -2.34. The van der Waals surface area contributed by atoms with E-state index < -0.39 is 12.0 Å². The van der Waals surface area contributed by atoms with Gasteiger partial charge in [0.2, 0.25) is 0 Å². The fourth-order valence-electron chi connectivity index (χ4n) is 5.78. The summed E-state index contributed by atoms with van der Waals surface area (Å²) >= 11 is 5.79. The number of ether oxygens (including phenoxy) is 6. The predicted octanol–water partition coefficient (Wildman–Crippen LogP) is 8.00. The van der Waals surface area contributed by atoms with Gasteiger partial charge in [0.05, 0.1) is 31.3 Å². The fraction of sp³-hybridized carbons (Fsp3) is 0.457. The highest BCUT2D eigenvalue weighted by atomic mass is 35.5. The molecule has 6 rings (SSSR count). The second-order valence-corrected chi connectivity index (χ2v) is 11.6. The highest BCUT2D eigenvalue weighted by Gasteiger charge is 2.39. The fourth-order valence-corrected chi connectivity index (χ4v) is 5.97. The quantitative estimate of drug-likeness (QED) is 0.162. The zero-order valence-electron chi connectivity index (χ0n) is 24.4. The molecule has 3 heterocycles. The van der Waals surface area contributed by atoms with Gasteiger partial charge in [0.1, 0.15) is 29.1 Å². The van der Waals surface area contributed by atoms with Gasteiger partial charge in [0.25, 0.3) is 0 Å². The molecule has 228 valence electrons. The number of ketones is 1. The van der Waals surface area contributed by atoms with Crippen LogP contribution in [-0.2, 0) is 9.47 Å². The third-order valence-electron chi connectivity index (χ3n) is 8.11. The average Bonchev–Trinajstić information content (AvgIpc) is 3.05. The van der Waals surface area contributed by atoms with E-state index in [0.29, 0.717) is 36.2 Å². The van der Waals surface area contributed by atoms with Gasteiger partial charge in [-0.15, -0.1) is 11.6 Å². The third-order valence-corrected chi connectivity index (χ3v) is 8.38. The minimum absolute atomic E-state index is 0.00241.